The quantitative estimate of drug-likeness (QED) is 0.702. The number of benzene rings is 1. The van der Waals surface area contributed by atoms with Gasteiger partial charge < -0.3 is 14.6 Å². The van der Waals surface area contributed by atoms with E-state index in [1.54, 1.807) is 19.0 Å². The number of nitrogens with zero attached hydrogens (tertiary/aromatic N) is 2. The molecule has 0 aromatic heterocycles. The van der Waals surface area contributed by atoms with Crippen molar-refractivity contribution in [2.24, 2.45) is 0 Å². The second-order valence-electron chi connectivity index (χ2n) is 9.71. The molecule has 1 saturated heterocycles. The van der Waals surface area contributed by atoms with Crippen molar-refractivity contribution in [3.8, 4) is 0 Å². The Morgan fingerprint density at radius 3 is 2.61 bits per heavy atom. The van der Waals surface area contributed by atoms with Gasteiger partial charge in [-0.3, -0.25) is 9.69 Å². The van der Waals surface area contributed by atoms with Gasteiger partial charge in [0.15, 0.2) is 8.32 Å². The minimum absolute atomic E-state index is 0.0423. The van der Waals surface area contributed by atoms with Gasteiger partial charge in [-0.05, 0) is 49.3 Å². The molecule has 1 aliphatic heterocycles. The van der Waals surface area contributed by atoms with E-state index < -0.39 is 8.32 Å². The molecule has 0 saturated carbocycles. The van der Waals surface area contributed by atoms with Gasteiger partial charge >= 0.3 is 0 Å². The zero-order valence-electron chi connectivity index (χ0n) is 19.0. The molecule has 2 rings (SSSR count). The molecular weight excluding hydrogens is 366 g/mol. The summed E-state index contributed by atoms with van der Waals surface area (Å²) >= 11 is 0. The molecule has 6 heteroatoms. The second-order valence-corrected chi connectivity index (χ2v) is 14.5. The Labute approximate surface area is 172 Å². The molecule has 1 amide bonds. The standard InChI is InChI=1S/C22H39N3O2Si/c1-22(2,3)28(7,8)27-19-12-13-25(15-19)16-20(23-4)17-10-9-11-18(14-17)21(26)24(5)6/h9-11,14,19-20,23H,12-13,15-16H2,1-8H3/t19-,20+/m0/s1. The summed E-state index contributed by atoms with van der Waals surface area (Å²) in [4.78, 5) is 16.4. The number of rotatable bonds is 7. The fourth-order valence-corrected chi connectivity index (χ4v) is 4.80. The first-order chi connectivity index (χ1) is 12.9. The van der Waals surface area contributed by atoms with Gasteiger partial charge in [0.05, 0.1) is 6.10 Å². The highest BCUT2D eigenvalue weighted by Crippen LogP contribution is 2.38. The van der Waals surface area contributed by atoms with Crippen molar-refractivity contribution in [2.75, 3.05) is 40.8 Å². The van der Waals surface area contributed by atoms with Crippen LogP contribution < -0.4 is 5.32 Å². The normalized spacial score (nSPS) is 19.6. The Hall–Kier alpha value is -1.21. The van der Waals surface area contributed by atoms with Crippen molar-refractivity contribution < 1.29 is 9.22 Å². The lowest BCUT2D eigenvalue weighted by Crippen LogP contribution is -2.44. The number of likely N-dealkylation sites (N-methyl/N-ethyl adjacent to an activating group) is 1. The Balaban J connectivity index is 2.01. The maximum atomic E-state index is 12.3. The molecule has 0 radical (unpaired) electrons. The summed E-state index contributed by atoms with van der Waals surface area (Å²) in [7, 11) is 3.84. The number of likely N-dealkylation sites (tertiary alicyclic amines) is 1. The zero-order chi connectivity index (χ0) is 21.1. The molecule has 0 unspecified atom stereocenters. The van der Waals surface area contributed by atoms with Gasteiger partial charge in [-0.1, -0.05) is 32.9 Å². The van der Waals surface area contributed by atoms with Crippen molar-refractivity contribution in [3.05, 3.63) is 35.4 Å². The Morgan fingerprint density at radius 2 is 2.04 bits per heavy atom. The highest BCUT2D eigenvalue weighted by Gasteiger charge is 2.40. The molecule has 1 aliphatic rings. The number of carbonyl (C=O) groups excluding carboxylic acids is 1. The van der Waals surface area contributed by atoms with Crippen molar-refractivity contribution in [2.45, 2.75) is 57.5 Å². The summed E-state index contributed by atoms with van der Waals surface area (Å²) in [5.74, 6) is 0.0423. The van der Waals surface area contributed by atoms with Crippen LogP contribution in [0.15, 0.2) is 24.3 Å². The third-order valence-corrected chi connectivity index (χ3v) is 10.8. The summed E-state index contributed by atoms with van der Waals surface area (Å²) in [6.07, 6.45) is 1.43. The van der Waals surface area contributed by atoms with Crippen molar-refractivity contribution in [1.29, 1.82) is 0 Å². The maximum Gasteiger partial charge on any atom is 0.253 e. The van der Waals surface area contributed by atoms with E-state index in [1.165, 1.54) is 0 Å². The monoisotopic (exact) mass is 405 g/mol. The van der Waals surface area contributed by atoms with Crippen molar-refractivity contribution >= 4 is 14.2 Å². The van der Waals surface area contributed by atoms with Gasteiger partial charge in [-0.25, -0.2) is 0 Å². The fourth-order valence-electron chi connectivity index (χ4n) is 3.42. The van der Waals surface area contributed by atoms with E-state index in [9.17, 15) is 4.79 Å². The smallest absolute Gasteiger partial charge is 0.253 e. The molecular formula is C22H39N3O2Si. The minimum atomic E-state index is -1.73. The van der Waals surface area contributed by atoms with Gasteiger partial charge in [0, 0.05) is 45.3 Å². The third-order valence-electron chi connectivity index (χ3n) is 6.23. The number of hydrogen-bond donors (Lipinski definition) is 1. The first-order valence-electron chi connectivity index (χ1n) is 10.3. The van der Waals surface area contributed by atoms with Gasteiger partial charge in [-0.15, -0.1) is 0 Å². The van der Waals surface area contributed by atoms with Crippen LogP contribution in [0, 0.1) is 0 Å². The number of carbonyl (C=O) groups is 1. The SMILES string of the molecule is CN[C@H](CN1CC[C@H](O[Si](C)(C)C(C)(C)C)C1)c1cccc(C(=O)N(C)C)c1. The van der Waals surface area contributed by atoms with Crippen LogP contribution in [0.5, 0.6) is 0 Å². The van der Waals surface area contributed by atoms with E-state index in [-0.39, 0.29) is 17.0 Å². The second kappa shape index (κ2) is 9.07. The zero-order valence-corrected chi connectivity index (χ0v) is 20.0. The highest BCUT2D eigenvalue weighted by molar-refractivity contribution is 6.74. The largest absolute Gasteiger partial charge is 0.413 e. The molecule has 158 valence electrons. The summed E-state index contributed by atoms with van der Waals surface area (Å²) < 4.78 is 6.62. The molecule has 1 heterocycles. The van der Waals surface area contributed by atoms with E-state index in [0.717, 1.165) is 37.2 Å². The molecule has 1 aromatic carbocycles. The Bertz CT molecular complexity index is 670. The Kier molecular flexibility index (Phi) is 7.48. The molecule has 1 aromatic rings. The van der Waals surface area contributed by atoms with Crippen LogP contribution in [0.25, 0.3) is 0 Å². The van der Waals surface area contributed by atoms with Crippen LogP contribution in [0.3, 0.4) is 0 Å². The van der Waals surface area contributed by atoms with E-state index in [0.29, 0.717) is 6.10 Å². The van der Waals surface area contributed by atoms with Crippen LogP contribution in [0.1, 0.15) is 49.2 Å². The first kappa shape index (κ1) is 23.1. The summed E-state index contributed by atoms with van der Waals surface area (Å²) in [6, 6.07) is 8.18. The molecule has 2 atom stereocenters. The Morgan fingerprint density at radius 1 is 1.36 bits per heavy atom. The molecule has 28 heavy (non-hydrogen) atoms. The third kappa shape index (κ3) is 5.66. The van der Waals surface area contributed by atoms with Crippen LogP contribution in [-0.2, 0) is 4.43 Å². The molecule has 0 aliphatic carbocycles. The lowest BCUT2D eigenvalue weighted by atomic mass is 10.0. The lowest BCUT2D eigenvalue weighted by Gasteiger charge is -2.38. The average Bonchev–Trinajstić information content (AvgIpc) is 3.04. The van der Waals surface area contributed by atoms with E-state index in [1.807, 2.05) is 25.2 Å². The molecule has 0 spiro atoms. The minimum Gasteiger partial charge on any atom is -0.413 e. The predicted octanol–water partition coefficient (Wildman–Crippen LogP) is 3.75. The maximum absolute atomic E-state index is 12.3. The van der Waals surface area contributed by atoms with Crippen LogP contribution in [-0.4, -0.2) is 70.9 Å². The first-order valence-corrected chi connectivity index (χ1v) is 13.2. The number of hydrogen-bond acceptors (Lipinski definition) is 4. The van der Waals surface area contributed by atoms with Gasteiger partial charge in [0.25, 0.3) is 5.91 Å². The van der Waals surface area contributed by atoms with Gasteiger partial charge in [0.1, 0.15) is 0 Å². The lowest BCUT2D eigenvalue weighted by molar-refractivity contribution is 0.0827. The summed E-state index contributed by atoms with van der Waals surface area (Å²) in [6.45, 7) is 14.5. The van der Waals surface area contributed by atoms with Gasteiger partial charge in [0.2, 0.25) is 0 Å². The van der Waals surface area contributed by atoms with E-state index in [4.69, 9.17) is 4.43 Å². The van der Waals surface area contributed by atoms with E-state index >= 15 is 0 Å². The predicted molar refractivity (Wildman–Crippen MR) is 119 cm³/mol. The molecule has 0 bridgehead atoms. The fraction of sp³-hybridized carbons (Fsp3) is 0.682. The van der Waals surface area contributed by atoms with Crippen LogP contribution in [0.2, 0.25) is 18.1 Å². The topological polar surface area (TPSA) is 44.8 Å². The van der Waals surface area contributed by atoms with Crippen molar-refractivity contribution in [3.63, 3.8) is 0 Å². The molecule has 1 N–H and O–H groups in total. The summed E-state index contributed by atoms with van der Waals surface area (Å²) in [5.41, 5.74) is 1.90. The highest BCUT2D eigenvalue weighted by atomic mass is 28.4. The van der Waals surface area contributed by atoms with E-state index in [2.05, 4.69) is 50.1 Å². The molecule has 5 nitrogen and oxygen atoms in total. The van der Waals surface area contributed by atoms with Gasteiger partial charge in [-0.2, -0.15) is 0 Å². The van der Waals surface area contributed by atoms with Crippen molar-refractivity contribution in [1.82, 2.24) is 15.1 Å². The van der Waals surface area contributed by atoms with Crippen LogP contribution in [0.4, 0.5) is 0 Å². The number of amides is 1. The molecule has 1 fully saturated rings. The number of nitrogens with one attached hydrogen (secondary N) is 1. The summed E-state index contributed by atoms with van der Waals surface area (Å²) in [5, 5.41) is 3.67. The average molecular weight is 406 g/mol. The van der Waals surface area contributed by atoms with Crippen LogP contribution >= 0.6 is 0 Å².